The van der Waals surface area contributed by atoms with E-state index in [4.69, 9.17) is 0 Å². The molecule has 1 saturated heterocycles. The molecule has 122 valence electrons. The minimum absolute atomic E-state index is 0.0969. The van der Waals surface area contributed by atoms with Crippen molar-refractivity contribution in [2.75, 3.05) is 18.0 Å². The number of hydrogen-bond acceptors (Lipinski definition) is 4. The predicted octanol–water partition coefficient (Wildman–Crippen LogP) is 2.31. The first-order valence-electron chi connectivity index (χ1n) is 8.83. The Balaban J connectivity index is 1.36. The van der Waals surface area contributed by atoms with Crippen molar-refractivity contribution < 1.29 is 4.79 Å². The van der Waals surface area contributed by atoms with E-state index in [9.17, 15) is 4.79 Å². The van der Waals surface area contributed by atoms with Gasteiger partial charge in [0.1, 0.15) is 0 Å². The van der Waals surface area contributed by atoms with Crippen LogP contribution >= 0.6 is 0 Å². The molecule has 1 aromatic heterocycles. The molecule has 2 aliphatic carbocycles. The van der Waals surface area contributed by atoms with Crippen molar-refractivity contribution >= 4 is 11.9 Å². The largest absolute Gasteiger partial charge is 0.348 e. The summed E-state index contributed by atoms with van der Waals surface area (Å²) in [5, 5.41) is 3.20. The molecule has 0 unspecified atom stereocenters. The maximum absolute atomic E-state index is 12.4. The average molecular weight is 312 g/mol. The fourth-order valence-corrected chi connectivity index (χ4v) is 3.53. The minimum Gasteiger partial charge on any atom is -0.348 e. The number of aromatic nitrogens is 2. The number of carbonyl (C=O) groups excluding carboxylic acids is 1. The van der Waals surface area contributed by atoms with E-state index in [0.717, 1.165) is 31.9 Å². The number of carbonyl (C=O) groups is 1. The summed E-state index contributed by atoms with van der Waals surface area (Å²) in [5.41, 5.74) is 1.42. The third-order valence-electron chi connectivity index (χ3n) is 5.00. The number of anilines is 1. The number of allylic oxidation sites excluding steroid dienone is 1. The van der Waals surface area contributed by atoms with Crippen LogP contribution in [0.25, 0.3) is 0 Å². The molecule has 1 atom stereocenters. The van der Waals surface area contributed by atoms with E-state index in [-0.39, 0.29) is 11.9 Å². The van der Waals surface area contributed by atoms with Gasteiger partial charge in [0.2, 0.25) is 11.9 Å². The molecule has 5 heteroatoms. The van der Waals surface area contributed by atoms with Gasteiger partial charge in [-0.1, -0.05) is 5.57 Å². The monoisotopic (exact) mass is 312 g/mol. The standard InChI is InChI=1S/C18H24N4O/c23-17(11-16(13-4-5-13)14-6-7-14)21-15-3-1-10-22(12-15)18-19-8-2-9-20-18/h2,8-9,11,13-15H,1,3-7,10,12H2,(H,21,23)/t15-/m0/s1. The van der Waals surface area contributed by atoms with Gasteiger partial charge in [0.25, 0.3) is 0 Å². The fraction of sp³-hybridized carbons (Fsp3) is 0.611. The molecule has 0 bridgehead atoms. The average Bonchev–Trinajstić information content (AvgIpc) is 3.48. The molecule has 2 heterocycles. The number of nitrogens with zero attached hydrogens (tertiary/aromatic N) is 3. The van der Waals surface area contributed by atoms with Gasteiger partial charge >= 0.3 is 0 Å². The van der Waals surface area contributed by atoms with E-state index in [0.29, 0.717) is 11.8 Å². The highest BCUT2D eigenvalue weighted by Crippen LogP contribution is 2.48. The fourth-order valence-electron chi connectivity index (χ4n) is 3.53. The van der Waals surface area contributed by atoms with Crippen LogP contribution in [0.15, 0.2) is 30.1 Å². The highest BCUT2D eigenvalue weighted by atomic mass is 16.1. The Morgan fingerprint density at radius 1 is 1.13 bits per heavy atom. The van der Waals surface area contributed by atoms with Gasteiger partial charge in [0, 0.05) is 37.6 Å². The molecule has 0 spiro atoms. The predicted molar refractivity (Wildman–Crippen MR) is 88.9 cm³/mol. The third kappa shape index (κ3) is 3.71. The first-order chi connectivity index (χ1) is 11.3. The second kappa shape index (κ2) is 6.30. The highest BCUT2D eigenvalue weighted by molar-refractivity contribution is 5.88. The van der Waals surface area contributed by atoms with Crippen molar-refractivity contribution in [2.24, 2.45) is 11.8 Å². The first-order valence-corrected chi connectivity index (χ1v) is 8.83. The number of amides is 1. The Morgan fingerprint density at radius 3 is 2.48 bits per heavy atom. The van der Waals surface area contributed by atoms with Gasteiger partial charge in [-0.15, -0.1) is 0 Å². The van der Waals surface area contributed by atoms with Crippen molar-refractivity contribution in [3.8, 4) is 0 Å². The van der Waals surface area contributed by atoms with Crippen LogP contribution in [0.4, 0.5) is 5.95 Å². The Kier molecular flexibility index (Phi) is 4.02. The summed E-state index contributed by atoms with van der Waals surface area (Å²) in [6.07, 6.45) is 12.6. The van der Waals surface area contributed by atoms with Crippen molar-refractivity contribution in [1.82, 2.24) is 15.3 Å². The Morgan fingerprint density at radius 2 is 1.83 bits per heavy atom. The van der Waals surface area contributed by atoms with E-state index >= 15 is 0 Å². The summed E-state index contributed by atoms with van der Waals surface area (Å²) in [6, 6.07) is 2.02. The summed E-state index contributed by atoms with van der Waals surface area (Å²) >= 11 is 0. The van der Waals surface area contributed by atoms with Gasteiger partial charge in [-0.05, 0) is 56.4 Å². The molecule has 0 radical (unpaired) electrons. The normalized spacial score (nSPS) is 24.2. The molecule has 23 heavy (non-hydrogen) atoms. The second-order valence-electron chi connectivity index (χ2n) is 7.04. The zero-order valence-electron chi connectivity index (χ0n) is 13.4. The lowest BCUT2D eigenvalue weighted by Gasteiger charge is -2.32. The summed E-state index contributed by atoms with van der Waals surface area (Å²) in [4.78, 5) is 23.2. The van der Waals surface area contributed by atoms with Crippen LogP contribution in [0.2, 0.25) is 0 Å². The van der Waals surface area contributed by atoms with Crippen LogP contribution in [0, 0.1) is 11.8 Å². The smallest absolute Gasteiger partial charge is 0.244 e. The summed E-state index contributed by atoms with van der Waals surface area (Å²) in [7, 11) is 0. The lowest BCUT2D eigenvalue weighted by molar-refractivity contribution is -0.117. The van der Waals surface area contributed by atoms with E-state index in [1.54, 1.807) is 12.4 Å². The zero-order valence-corrected chi connectivity index (χ0v) is 13.4. The molecular formula is C18H24N4O. The van der Waals surface area contributed by atoms with Gasteiger partial charge in [0.15, 0.2) is 0 Å². The van der Waals surface area contributed by atoms with E-state index in [1.165, 1.54) is 31.3 Å². The molecule has 1 N–H and O–H groups in total. The molecule has 5 nitrogen and oxygen atoms in total. The SMILES string of the molecule is O=C(C=C(C1CC1)C1CC1)N[C@H]1CCCN(c2ncccn2)C1. The molecule has 1 amide bonds. The van der Waals surface area contributed by atoms with Crippen LogP contribution < -0.4 is 10.2 Å². The molecule has 3 fully saturated rings. The third-order valence-corrected chi connectivity index (χ3v) is 5.00. The van der Waals surface area contributed by atoms with Crippen molar-refractivity contribution in [3.63, 3.8) is 0 Å². The minimum atomic E-state index is 0.0969. The maximum atomic E-state index is 12.4. The van der Waals surface area contributed by atoms with Crippen molar-refractivity contribution in [2.45, 2.75) is 44.6 Å². The molecule has 3 aliphatic rings. The quantitative estimate of drug-likeness (QED) is 0.848. The second-order valence-corrected chi connectivity index (χ2v) is 7.04. The Hall–Kier alpha value is -1.91. The molecule has 0 aromatic carbocycles. The zero-order chi connectivity index (χ0) is 15.6. The lowest BCUT2D eigenvalue weighted by Crippen LogP contribution is -2.48. The van der Waals surface area contributed by atoms with Gasteiger partial charge in [0.05, 0.1) is 0 Å². The summed E-state index contributed by atoms with van der Waals surface area (Å²) in [5.74, 6) is 2.26. The van der Waals surface area contributed by atoms with Gasteiger partial charge in [-0.25, -0.2) is 9.97 Å². The number of hydrogen-bond donors (Lipinski definition) is 1. The number of piperidine rings is 1. The maximum Gasteiger partial charge on any atom is 0.244 e. The van der Waals surface area contributed by atoms with Crippen molar-refractivity contribution in [1.29, 1.82) is 0 Å². The number of rotatable bonds is 5. The summed E-state index contributed by atoms with van der Waals surface area (Å²) < 4.78 is 0. The molecule has 1 aliphatic heterocycles. The topological polar surface area (TPSA) is 58.1 Å². The van der Waals surface area contributed by atoms with E-state index in [1.807, 2.05) is 12.1 Å². The van der Waals surface area contributed by atoms with Crippen LogP contribution in [-0.2, 0) is 4.79 Å². The van der Waals surface area contributed by atoms with Gasteiger partial charge in [-0.3, -0.25) is 4.79 Å². The molecule has 2 saturated carbocycles. The van der Waals surface area contributed by atoms with E-state index < -0.39 is 0 Å². The molecular weight excluding hydrogens is 288 g/mol. The lowest BCUT2D eigenvalue weighted by atomic mass is 10.0. The van der Waals surface area contributed by atoms with Crippen LogP contribution in [0.5, 0.6) is 0 Å². The Bertz CT molecular complexity index is 578. The van der Waals surface area contributed by atoms with E-state index in [2.05, 4.69) is 20.2 Å². The van der Waals surface area contributed by atoms with Crippen molar-refractivity contribution in [3.05, 3.63) is 30.1 Å². The van der Waals surface area contributed by atoms with Crippen LogP contribution in [-0.4, -0.2) is 35.0 Å². The van der Waals surface area contributed by atoms with Gasteiger partial charge < -0.3 is 10.2 Å². The molecule has 4 rings (SSSR count). The summed E-state index contributed by atoms with van der Waals surface area (Å²) in [6.45, 7) is 1.76. The number of nitrogens with one attached hydrogen (secondary N) is 1. The first kappa shape index (κ1) is 14.7. The Labute approximate surface area is 137 Å². The van der Waals surface area contributed by atoms with Crippen LogP contribution in [0.1, 0.15) is 38.5 Å². The molecule has 1 aromatic rings. The highest BCUT2D eigenvalue weighted by Gasteiger charge is 2.36. The van der Waals surface area contributed by atoms with Gasteiger partial charge in [-0.2, -0.15) is 0 Å². The van der Waals surface area contributed by atoms with Crippen LogP contribution in [0.3, 0.4) is 0 Å².